The second kappa shape index (κ2) is 8.27. The number of rotatable bonds is 5. The zero-order chi connectivity index (χ0) is 18.7. The molecule has 2 unspecified atom stereocenters. The minimum atomic E-state index is -0.0692. The summed E-state index contributed by atoms with van der Waals surface area (Å²) in [6.07, 6.45) is 5.51. The molecule has 0 aliphatic carbocycles. The Kier molecular flexibility index (Phi) is 6.04. The number of piperidine rings is 1. The molecular formula is C20H28N4OS. The SMILES string of the molecule is CC(=O)Nc1ncc(CN2CCCC(Cc3cc(C)nc(C)c3)C2C)s1. The van der Waals surface area contributed by atoms with Gasteiger partial charge in [0.15, 0.2) is 5.13 Å². The van der Waals surface area contributed by atoms with Gasteiger partial charge in [-0.05, 0) is 70.2 Å². The van der Waals surface area contributed by atoms with Gasteiger partial charge in [0, 0.05) is 42.0 Å². The smallest absolute Gasteiger partial charge is 0.223 e. The molecule has 1 amide bonds. The molecule has 1 N–H and O–H groups in total. The van der Waals surface area contributed by atoms with Crippen molar-refractivity contribution in [3.8, 4) is 0 Å². The lowest BCUT2D eigenvalue weighted by atomic mass is 9.85. The fraction of sp³-hybridized carbons (Fsp3) is 0.550. The van der Waals surface area contributed by atoms with Gasteiger partial charge in [-0.25, -0.2) is 4.98 Å². The summed E-state index contributed by atoms with van der Waals surface area (Å²) in [7, 11) is 0. The third-order valence-corrected chi connectivity index (χ3v) is 6.01. The molecule has 1 aliphatic heterocycles. The van der Waals surface area contributed by atoms with Crippen LogP contribution in [0.15, 0.2) is 18.3 Å². The van der Waals surface area contributed by atoms with Crippen LogP contribution in [0.3, 0.4) is 0 Å². The number of aromatic nitrogens is 2. The molecule has 3 rings (SSSR count). The number of nitrogens with zero attached hydrogens (tertiary/aromatic N) is 3. The van der Waals surface area contributed by atoms with E-state index in [0.29, 0.717) is 17.1 Å². The van der Waals surface area contributed by atoms with E-state index in [1.807, 2.05) is 6.20 Å². The summed E-state index contributed by atoms with van der Waals surface area (Å²) in [4.78, 5) is 23.7. The molecular weight excluding hydrogens is 344 g/mol. The topological polar surface area (TPSA) is 58.1 Å². The highest BCUT2D eigenvalue weighted by atomic mass is 32.1. The highest BCUT2D eigenvalue weighted by Gasteiger charge is 2.28. The average molecular weight is 373 g/mol. The number of likely N-dealkylation sites (tertiary alicyclic amines) is 1. The van der Waals surface area contributed by atoms with Crippen molar-refractivity contribution in [3.05, 3.63) is 40.2 Å². The van der Waals surface area contributed by atoms with Gasteiger partial charge in [0.05, 0.1) is 0 Å². The Morgan fingerprint density at radius 2 is 2.08 bits per heavy atom. The van der Waals surface area contributed by atoms with E-state index in [1.165, 1.54) is 30.2 Å². The molecule has 6 heteroatoms. The first-order valence-electron chi connectivity index (χ1n) is 9.31. The molecule has 0 saturated carbocycles. The number of carbonyl (C=O) groups is 1. The number of nitrogens with one attached hydrogen (secondary N) is 1. The van der Waals surface area contributed by atoms with Crippen molar-refractivity contribution in [1.82, 2.24) is 14.9 Å². The van der Waals surface area contributed by atoms with Gasteiger partial charge in [-0.1, -0.05) is 0 Å². The molecule has 140 valence electrons. The van der Waals surface area contributed by atoms with Crippen molar-refractivity contribution in [2.24, 2.45) is 5.92 Å². The third kappa shape index (κ3) is 4.89. The molecule has 1 aliphatic rings. The first-order valence-corrected chi connectivity index (χ1v) is 10.1. The third-order valence-electron chi connectivity index (χ3n) is 5.11. The fourth-order valence-electron chi connectivity index (χ4n) is 3.93. The van der Waals surface area contributed by atoms with Gasteiger partial charge in [0.2, 0.25) is 5.91 Å². The first-order chi connectivity index (χ1) is 12.4. The van der Waals surface area contributed by atoms with Crippen molar-refractivity contribution in [3.63, 3.8) is 0 Å². The molecule has 26 heavy (non-hydrogen) atoms. The second-order valence-corrected chi connectivity index (χ2v) is 8.50. The van der Waals surface area contributed by atoms with Crippen LogP contribution in [0.2, 0.25) is 0 Å². The molecule has 0 spiro atoms. The van der Waals surface area contributed by atoms with Crippen LogP contribution in [0.1, 0.15) is 48.5 Å². The summed E-state index contributed by atoms with van der Waals surface area (Å²) < 4.78 is 0. The maximum atomic E-state index is 11.2. The van der Waals surface area contributed by atoms with Gasteiger partial charge >= 0.3 is 0 Å². The lowest BCUT2D eigenvalue weighted by molar-refractivity contribution is -0.114. The maximum absolute atomic E-state index is 11.2. The van der Waals surface area contributed by atoms with Crippen LogP contribution in [0.25, 0.3) is 0 Å². The lowest BCUT2D eigenvalue weighted by Gasteiger charge is -2.39. The Labute approximate surface area is 159 Å². The van der Waals surface area contributed by atoms with E-state index in [9.17, 15) is 4.79 Å². The highest BCUT2D eigenvalue weighted by Crippen LogP contribution is 2.30. The van der Waals surface area contributed by atoms with E-state index in [-0.39, 0.29) is 5.91 Å². The molecule has 1 fully saturated rings. The monoisotopic (exact) mass is 372 g/mol. The number of thiazole rings is 1. The highest BCUT2D eigenvalue weighted by molar-refractivity contribution is 7.15. The predicted molar refractivity (Wildman–Crippen MR) is 106 cm³/mol. The van der Waals surface area contributed by atoms with Crippen LogP contribution in [-0.4, -0.2) is 33.4 Å². The summed E-state index contributed by atoms with van der Waals surface area (Å²) in [5.41, 5.74) is 3.62. The largest absolute Gasteiger partial charge is 0.302 e. The Morgan fingerprint density at radius 3 is 2.77 bits per heavy atom. The van der Waals surface area contributed by atoms with Crippen molar-refractivity contribution in [2.75, 3.05) is 11.9 Å². The minimum absolute atomic E-state index is 0.0692. The molecule has 2 atom stereocenters. The zero-order valence-electron chi connectivity index (χ0n) is 16.1. The standard InChI is InChI=1S/C20H28N4OS/c1-13-8-17(9-14(2)22-13)10-18-6-5-7-24(15(18)3)12-19-11-21-20(26-19)23-16(4)25/h8-9,11,15,18H,5-7,10,12H2,1-4H3,(H,21,23,25). The summed E-state index contributed by atoms with van der Waals surface area (Å²) in [5.74, 6) is 0.591. The van der Waals surface area contributed by atoms with E-state index in [4.69, 9.17) is 0 Å². The first kappa shape index (κ1) is 19.0. The molecule has 1 saturated heterocycles. The Balaban J connectivity index is 1.64. The van der Waals surface area contributed by atoms with E-state index in [2.05, 4.69) is 53.1 Å². The van der Waals surface area contributed by atoms with E-state index < -0.39 is 0 Å². The number of amides is 1. The van der Waals surface area contributed by atoms with E-state index >= 15 is 0 Å². The number of carbonyl (C=O) groups excluding carboxylic acids is 1. The van der Waals surface area contributed by atoms with E-state index in [1.54, 1.807) is 11.3 Å². The quantitative estimate of drug-likeness (QED) is 0.863. The summed E-state index contributed by atoms with van der Waals surface area (Å²) in [6, 6.07) is 4.98. The van der Waals surface area contributed by atoms with E-state index in [0.717, 1.165) is 30.9 Å². The van der Waals surface area contributed by atoms with Gasteiger partial charge in [-0.3, -0.25) is 14.7 Å². The number of hydrogen-bond donors (Lipinski definition) is 1. The molecule has 2 aromatic rings. The lowest BCUT2D eigenvalue weighted by Crippen LogP contribution is -2.43. The van der Waals surface area contributed by atoms with Gasteiger partial charge < -0.3 is 5.32 Å². The van der Waals surface area contributed by atoms with Gasteiger partial charge in [0.25, 0.3) is 0 Å². The number of hydrogen-bond acceptors (Lipinski definition) is 5. The van der Waals surface area contributed by atoms with Crippen molar-refractivity contribution < 1.29 is 4.79 Å². The molecule has 2 aromatic heterocycles. The molecule has 5 nitrogen and oxygen atoms in total. The van der Waals surface area contributed by atoms with Gasteiger partial charge in [-0.15, -0.1) is 11.3 Å². The normalized spacial score (nSPS) is 20.9. The minimum Gasteiger partial charge on any atom is -0.302 e. The molecule has 0 radical (unpaired) electrons. The number of anilines is 1. The van der Waals surface area contributed by atoms with Crippen molar-refractivity contribution in [1.29, 1.82) is 0 Å². The number of aryl methyl sites for hydroxylation is 2. The van der Waals surface area contributed by atoms with Crippen LogP contribution in [0, 0.1) is 19.8 Å². The van der Waals surface area contributed by atoms with Crippen LogP contribution in [0.4, 0.5) is 5.13 Å². The van der Waals surface area contributed by atoms with Crippen molar-refractivity contribution >= 4 is 22.4 Å². The predicted octanol–water partition coefficient (Wildman–Crippen LogP) is 3.96. The zero-order valence-corrected chi connectivity index (χ0v) is 16.9. The maximum Gasteiger partial charge on any atom is 0.223 e. The van der Waals surface area contributed by atoms with Crippen molar-refractivity contribution in [2.45, 2.75) is 59.5 Å². The Hall–Kier alpha value is -1.79. The molecule has 0 bridgehead atoms. The second-order valence-electron chi connectivity index (χ2n) is 7.39. The molecule has 0 aromatic carbocycles. The summed E-state index contributed by atoms with van der Waals surface area (Å²) in [5, 5.41) is 3.46. The van der Waals surface area contributed by atoms with Crippen LogP contribution in [-0.2, 0) is 17.8 Å². The van der Waals surface area contributed by atoms with Gasteiger partial charge in [0.1, 0.15) is 0 Å². The summed E-state index contributed by atoms with van der Waals surface area (Å²) in [6.45, 7) is 10.0. The Bertz CT molecular complexity index is 753. The molecule has 3 heterocycles. The van der Waals surface area contributed by atoms with Crippen LogP contribution < -0.4 is 5.32 Å². The van der Waals surface area contributed by atoms with Gasteiger partial charge in [-0.2, -0.15) is 0 Å². The Morgan fingerprint density at radius 1 is 1.35 bits per heavy atom. The average Bonchev–Trinajstić information content (AvgIpc) is 2.96. The van der Waals surface area contributed by atoms with Crippen LogP contribution >= 0.6 is 11.3 Å². The van der Waals surface area contributed by atoms with Crippen LogP contribution in [0.5, 0.6) is 0 Å². The fourth-order valence-corrected chi connectivity index (χ4v) is 4.81. The summed E-state index contributed by atoms with van der Waals surface area (Å²) >= 11 is 1.57. The number of pyridine rings is 1.